The molecular formula is C24H29F. The molecule has 0 aromatic heterocycles. The molecule has 0 nitrogen and oxygen atoms in total. The lowest BCUT2D eigenvalue weighted by Gasteiger charge is -2.19. The van der Waals surface area contributed by atoms with Crippen LogP contribution in [0.5, 0.6) is 0 Å². The number of hydrogen-bond acceptors (Lipinski definition) is 0. The van der Waals surface area contributed by atoms with Crippen LogP contribution in [0.3, 0.4) is 0 Å². The van der Waals surface area contributed by atoms with Gasteiger partial charge in [-0.05, 0) is 50.0 Å². The Labute approximate surface area is 152 Å². The molecule has 0 bridgehead atoms. The molecule has 0 spiro atoms. The van der Waals surface area contributed by atoms with Crippen molar-refractivity contribution in [3.63, 3.8) is 0 Å². The fraction of sp³-hybridized carbons (Fsp3) is 0.250. The van der Waals surface area contributed by atoms with E-state index in [4.69, 9.17) is 0 Å². The van der Waals surface area contributed by atoms with Crippen LogP contribution in [-0.2, 0) is 0 Å². The van der Waals surface area contributed by atoms with Crippen molar-refractivity contribution in [2.45, 2.75) is 39.8 Å². The van der Waals surface area contributed by atoms with Gasteiger partial charge in [0, 0.05) is 6.42 Å². The van der Waals surface area contributed by atoms with Crippen molar-refractivity contribution >= 4 is 5.57 Å². The molecule has 0 N–H and O–H groups in total. The van der Waals surface area contributed by atoms with Gasteiger partial charge in [-0.3, -0.25) is 0 Å². The SMILES string of the molecule is C=C\C=C/C=C(C)/C(=C/C(=C\C)c1ccccc1)CC(C)(F)C=CC. The van der Waals surface area contributed by atoms with Gasteiger partial charge >= 0.3 is 0 Å². The third-order valence-corrected chi connectivity index (χ3v) is 3.90. The highest BCUT2D eigenvalue weighted by atomic mass is 19.1. The van der Waals surface area contributed by atoms with Crippen molar-refractivity contribution in [1.82, 2.24) is 0 Å². The van der Waals surface area contributed by atoms with Crippen LogP contribution >= 0.6 is 0 Å². The van der Waals surface area contributed by atoms with Crippen LogP contribution in [0.2, 0.25) is 0 Å². The summed E-state index contributed by atoms with van der Waals surface area (Å²) in [6.45, 7) is 11.2. The van der Waals surface area contributed by atoms with E-state index in [1.54, 1.807) is 25.2 Å². The minimum atomic E-state index is -1.38. The van der Waals surface area contributed by atoms with Crippen molar-refractivity contribution in [3.05, 3.63) is 102 Å². The monoisotopic (exact) mass is 336 g/mol. The van der Waals surface area contributed by atoms with Gasteiger partial charge in [-0.25, -0.2) is 4.39 Å². The van der Waals surface area contributed by atoms with Crippen molar-refractivity contribution < 1.29 is 4.39 Å². The Morgan fingerprint density at radius 3 is 2.40 bits per heavy atom. The maximum Gasteiger partial charge on any atom is 0.130 e. The van der Waals surface area contributed by atoms with Crippen LogP contribution in [-0.4, -0.2) is 5.67 Å². The van der Waals surface area contributed by atoms with Crippen LogP contribution < -0.4 is 0 Å². The standard InChI is InChI=1S/C24H29F/c1-6-9-11-14-20(4)23(19-24(5,25)17-7-2)18-21(8-3)22-15-12-10-13-16-22/h6-18H,1,19H2,2-5H3/b11-9-,17-7?,20-14+,21-8+,23-18+. The van der Waals surface area contributed by atoms with Crippen molar-refractivity contribution in [3.8, 4) is 0 Å². The fourth-order valence-corrected chi connectivity index (χ4v) is 2.62. The zero-order valence-corrected chi connectivity index (χ0v) is 15.8. The Morgan fingerprint density at radius 1 is 1.16 bits per heavy atom. The number of rotatable bonds is 8. The lowest BCUT2D eigenvalue weighted by Crippen LogP contribution is -2.15. The third-order valence-electron chi connectivity index (χ3n) is 3.90. The van der Waals surface area contributed by atoms with E-state index < -0.39 is 5.67 Å². The molecule has 0 saturated carbocycles. The van der Waals surface area contributed by atoms with Gasteiger partial charge in [0.05, 0.1) is 0 Å². The van der Waals surface area contributed by atoms with E-state index in [2.05, 4.69) is 30.9 Å². The summed E-state index contributed by atoms with van der Waals surface area (Å²) in [4.78, 5) is 0. The molecule has 0 aliphatic heterocycles. The number of allylic oxidation sites excluding steroid dienone is 11. The van der Waals surface area contributed by atoms with E-state index in [1.165, 1.54) is 0 Å². The lowest BCUT2D eigenvalue weighted by atomic mass is 9.90. The van der Waals surface area contributed by atoms with E-state index in [0.717, 1.165) is 22.3 Å². The average molecular weight is 336 g/mol. The Kier molecular flexibility index (Phi) is 8.63. The summed E-state index contributed by atoms with van der Waals surface area (Å²) in [6.07, 6.45) is 15.4. The Bertz CT molecular complexity index is 695. The summed E-state index contributed by atoms with van der Waals surface area (Å²) in [6, 6.07) is 10.2. The number of hydrogen-bond donors (Lipinski definition) is 0. The third kappa shape index (κ3) is 7.34. The van der Waals surface area contributed by atoms with Crippen LogP contribution in [0.25, 0.3) is 5.57 Å². The van der Waals surface area contributed by atoms with Crippen LogP contribution in [0.4, 0.5) is 4.39 Å². The zero-order valence-electron chi connectivity index (χ0n) is 15.8. The van der Waals surface area contributed by atoms with Gasteiger partial charge in [-0.15, -0.1) is 0 Å². The Balaban J connectivity index is 3.31. The smallest absolute Gasteiger partial charge is 0.130 e. The number of halogens is 1. The molecule has 25 heavy (non-hydrogen) atoms. The normalized spacial score (nSPS) is 16.4. The summed E-state index contributed by atoms with van der Waals surface area (Å²) in [5.74, 6) is 0. The molecule has 1 rings (SSSR count). The Morgan fingerprint density at radius 2 is 1.84 bits per heavy atom. The predicted molar refractivity (Wildman–Crippen MR) is 110 cm³/mol. The summed E-state index contributed by atoms with van der Waals surface area (Å²) in [5.41, 5.74) is 2.86. The van der Waals surface area contributed by atoms with Crippen LogP contribution in [0.1, 0.15) is 39.7 Å². The summed E-state index contributed by atoms with van der Waals surface area (Å²) in [7, 11) is 0. The largest absolute Gasteiger partial charge is 0.239 e. The van der Waals surface area contributed by atoms with Gasteiger partial charge in [0.15, 0.2) is 0 Å². The number of alkyl halides is 1. The first kappa shape index (κ1) is 20.6. The van der Waals surface area contributed by atoms with E-state index in [9.17, 15) is 4.39 Å². The predicted octanol–water partition coefficient (Wildman–Crippen LogP) is 7.40. The second kappa shape index (κ2) is 10.5. The second-order valence-electron chi connectivity index (χ2n) is 6.20. The highest BCUT2D eigenvalue weighted by Gasteiger charge is 2.21. The molecule has 0 radical (unpaired) electrons. The van der Waals surface area contributed by atoms with Gasteiger partial charge in [-0.1, -0.05) is 85.5 Å². The maximum absolute atomic E-state index is 14.8. The molecule has 0 amide bonds. The highest BCUT2D eigenvalue weighted by molar-refractivity contribution is 5.75. The molecule has 1 unspecified atom stereocenters. The molecule has 1 aromatic rings. The van der Waals surface area contributed by atoms with Gasteiger partial charge in [-0.2, -0.15) is 0 Å². The molecule has 0 aliphatic carbocycles. The van der Waals surface area contributed by atoms with Crippen molar-refractivity contribution in [2.75, 3.05) is 0 Å². The molecule has 1 aromatic carbocycles. The van der Waals surface area contributed by atoms with Crippen molar-refractivity contribution in [2.24, 2.45) is 0 Å². The van der Waals surface area contributed by atoms with E-state index in [-0.39, 0.29) is 0 Å². The second-order valence-corrected chi connectivity index (χ2v) is 6.20. The first-order chi connectivity index (χ1) is 11.9. The maximum atomic E-state index is 14.8. The highest BCUT2D eigenvalue weighted by Crippen LogP contribution is 2.30. The molecule has 0 heterocycles. The van der Waals surface area contributed by atoms with Gasteiger partial charge in [0.1, 0.15) is 5.67 Å². The van der Waals surface area contributed by atoms with E-state index in [1.807, 2.05) is 57.2 Å². The minimum Gasteiger partial charge on any atom is -0.239 e. The van der Waals surface area contributed by atoms with Gasteiger partial charge in [0.25, 0.3) is 0 Å². The molecule has 0 fully saturated rings. The lowest BCUT2D eigenvalue weighted by molar-refractivity contribution is 0.257. The van der Waals surface area contributed by atoms with Gasteiger partial charge in [0.2, 0.25) is 0 Å². The molecular weight excluding hydrogens is 307 g/mol. The van der Waals surface area contributed by atoms with E-state index >= 15 is 0 Å². The first-order valence-corrected chi connectivity index (χ1v) is 8.65. The summed E-state index contributed by atoms with van der Waals surface area (Å²) < 4.78 is 14.8. The summed E-state index contributed by atoms with van der Waals surface area (Å²) >= 11 is 0. The fourth-order valence-electron chi connectivity index (χ4n) is 2.62. The molecule has 0 aliphatic rings. The van der Waals surface area contributed by atoms with Crippen molar-refractivity contribution in [1.29, 1.82) is 0 Å². The molecule has 1 atom stereocenters. The van der Waals surface area contributed by atoms with E-state index in [0.29, 0.717) is 6.42 Å². The molecule has 1 heteroatoms. The summed E-state index contributed by atoms with van der Waals surface area (Å²) in [5, 5.41) is 0. The molecule has 0 saturated heterocycles. The quantitative estimate of drug-likeness (QED) is 0.343. The topological polar surface area (TPSA) is 0 Å². The molecule has 132 valence electrons. The zero-order chi connectivity index (χ0) is 18.7. The van der Waals surface area contributed by atoms with Crippen LogP contribution in [0.15, 0.2) is 96.7 Å². The minimum absolute atomic E-state index is 0.325. The van der Waals surface area contributed by atoms with Gasteiger partial charge < -0.3 is 0 Å². The first-order valence-electron chi connectivity index (χ1n) is 8.65. The Hall–Kier alpha value is -2.41. The van der Waals surface area contributed by atoms with Crippen LogP contribution in [0, 0.1) is 0 Å². The number of benzene rings is 1. The average Bonchev–Trinajstić information content (AvgIpc) is 2.59.